The molecule has 0 amide bonds. The number of rotatable bonds is 5. The maximum Gasteiger partial charge on any atom is 0.0778 e. The maximum absolute atomic E-state index is 5.55. The molecule has 0 aliphatic carbocycles. The average molecular weight is 235 g/mol. The van der Waals surface area contributed by atoms with Crippen LogP contribution >= 0.6 is 0 Å². The fourth-order valence-electron chi connectivity index (χ4n) is 2.00. The number of hydrogen-bond donors (Lipinski definition) is 1. The van der Waals surface area contributed by atoms with Crippen molar-refractivity contribution in [2.24, 2.45) is 0 Å². The van der Waals surface area contributed by atoms with Gasteiger partial charge in [0.15, 0.2) is 0 Å². The Morgan fingerprint density at radius 2 is 1.88 bits per heavy atom. The highest BCUT2D eigenvalue weighted by Gasteiger charge is 2.27. The second kappa shape index (κ2) is 5.65. The fraction of sp³-hybridized carbons (Fsp3) is 0.600. The summed E-state index contributed by atoms with van der Waals surface area (Å²) in [5.74, 6) is 0. The van der Waals surface area contributed by atoms with Gasteiger partial charge in [0.05, 0.1) is 5.60 Å². The molecule has 0 heterocycles. The van der Waals surface area contributed by atoms with Crippen LogP contribution in [0.4, 0.5) is 0 Å². The first-order valence-corrected chi connectivity index (χ1v) is 6.19. The molecule has 0 spiro atoms. The van der Waals surface area contributed by atoms with E-state index in [1.54, 1.807) is 7.11 Å². The van der Waals surface area contributed by atoms with Gasteiger partial charge in [-0.25, -0.2) is 0 Å². The fourth-order valence-corrected chi connectivity index (χ4v) is 2.00. The average Bonchev–Trinajstić information content (AvgIpc) is 2.30. The third-order valence-corrected chi connectivity index (χ3v) is 3.72. The second-order valence-corrected chi connectivity index (χ2v) is 5.27. The highest BCUT2D eigenvalue weighted by atomic mass is 16.5. The summed E-state index contributed by atoms with van der Waals surface area (Å²) in [5.41, 5.74) is 3.90. The Labute approximate surface area is 105 Å². The van der Waals surface area contributed by atoms with Crippen molar-refractivity contribution in [1.82, 2.24) is 5.32 Å². The van der Waals surface area contributed by atoms with Gasteiger partial charge >= 0.3 is 0 Å². The Bertz CT molecular complexity index is 371. The molecule has 0 aliphatic rings. The zero-order valence-electron chi connectivity index (χ0n) is 11.9. The molecule has 17 heavy (non-hydrogen) atoms. The van der Waals surface area contributed by atoms with Gasteiger partial charge in [0, 0.05) is 13.2 Å². The van der Waals surface area contributed by atoms with Gasteiger partial charge in [0.2, 0.25) is 0 Å². The van der Waals surface area contributed by atoms with Crippen molar-refractivity contribution in [1.29, 1.82) is 0 Å². The predicted octanol–water partition coefficient (Wildman–Crippen LogP) is 2.86. The molecule has 0 bridgehead atoms. The lowest BCUT2D eigenvalue weighted by molar-refractivity contribution is -0.00797. The molecule has 0 saturated heterocycles. The smallest absolute Gasteiger partial charge is 0.0778 e. The molecular formula is C15H25NO. The van der Waals surface area contributed by atoms with Crippen molar-refractivity contribution in [2.75, 3.05) is 14.2 Å². The third kappa shape index (κ3) is 3.55. The Hall–Kier alpha value is -0.860. The van der Waals surface area contributed by atoms with E-state index >= 15 is 0 Å². The summed E-state index contributed by atoms with van der Waals surface area (Å²) in [7, 11) is 3.76. The SMILES string of the molecule is CNC(Cc1ccc(C)c(C)c1)C(C)(C)OC. The Kier molecular flexibility index (Phi) is 4.72. The zero-order valence-corrected chi connectivity index (χ0v) is 11.9. The normalized spacial score (nSPS) is 13.8. The minimum atomic E-state index is -0.159. The molecule has 0 radical (unpaired) electrons. The summed E-state index contributed by atoms with van der Waals surface area (Å²) >= 11 is 0. The number of methoxy groups -OCH3 is 1. The van der Waals surface area contributed by atoms with Gasteiger partial charge in [-0.05, 0) is 57.9 Å². The molecule has 2 nitrogen and oxygen atoms in total. The molecular weight excluding hydrogens is 210 g/mol. The number of benzene rings is 1. The topological polar surface area (TPSA) is 21.3 Å². The van der Waals surface area contributed by atoms with E-state index in [0.29, 0.717) is 6.04 Å². The lowest BCUT2D eigenvalue weighted by atomic mass is 9.91. The van der Waals surface area contributed by atoms with Gasteiger partial charge in [-0.2, -0.15) is 0 Å². The van der Waals surface area contributed by atoms with Crippen LogP contribution in [0.25, 0.3) is 0 Å². The summed E-state index contributed by atoms with van der Waals surface area (Å²) < 4.78 is 5.55. The number of aryl methyl sites for hydroxylation is 2. The van der Waals surface area contributed by atoms with Gasteiger partial charge in [-0.15, -0.1) is 0 Å². The van der Waals surface area contributed by atoms with Crippen molar-refractivity contribution in [3.8, 4) is 0 Å². The molecule has 0 aliphatic heterocycles. The van der Waals surface area contributed by atoms with Crippen molar-refractivity contribution in [2.45, 2.75) is 45.8 Å². The lowest BCUT2D eigenvalue weighted by Gasteiger charge is -2.33. The third-order valence-electron chi connectivity index (χ3n) is 3.72. The van der Waals surface area contributed by atoms with E-state index in [4.69, 9.17) is 4.74 Å². The van der Waals surface area contributed by atoms with E-state index < -0.39 is 0 Å². The van der Waals surface area contributed by atoms with Crippen LogP contribution in [0.2, 0.25) is 0 Å². The molecule has 1 aromatic rings. The Morgan fingerprint density at radius 1 is 1.24 bits per heavy atom. The van der Waals surface area contributed by atoms with Crippen molar-refractivity contribution < 1.29 is 4.74 Å². The van der Waals surface area contributed by atoms with E-state index in [0.717, 1.165) is 6.42 Å². The first kappa shape index (κ1) is 14.2. The van der Waals surface area contributed by atoms with E-state index in [1.165, 1.54) is 16.7 Å². The van der Waals surface area contributed by atoms with Gasteiger partial charge in [0.1, 0.15) is 0 Å². The van der Waals surface area contributed by atoms with E-state index in [9.17, 15) is 0 Å². The van der Waals surface area contributed by atoms with E-state index in [-0.39, 0.29) is 5.60 Å². The number of nitrogens with one attached hydrogen (secondary N) is 1. The van der Waals surface area contributed by atoms with Gasteiger partial charge in [0.25, 0.3) is 0 Å². The minimum Gasteiger partial charge on any atom is -0.377 e. The molecule has 1 aromatic carbocycles. The number of hydrogen-bond acceptors (Lipinski definition) is 2. The van der Waals surface area contributed by atoms with Gasteiger partial charge < -0.3 is 10.1 Å². The Morgan fingerprint density at radius 3 is 2.35 bits per heavy atom. The quantitative estimate of drug-likeness (QED) is 0.847. The van der Waals surface area contributed by atoms with Crippen LogP contribution in [0.3, 0.4) is 0 Å². The molecule has 2 heteroatoms. The molecule has 1 unspecified atom stereocenters. The van der Waals surface area contributed by atoms with Crippen LogP contribution in [0.5, 0.6) is 0 Å². The molecule has 0 fully saturated rings. The summed E-state index contributed by atoms with van der Waals surface area (Å²) in [6.45, 7) is 8.55. The highest BCUT2D eigenvalue weighted by molar-refractivity contribution is 5.30. The number of likely N-dealkylation sites (N-methyl/N-ethyl adjacent to an activating group) is 1. The number of ether oxygens (including phenoxy) is 1. The summed E-state index contributed by atoms with van der Waals surface area (Å²) in [5, 5.41) is 3.35. The minimum absolute atomic E-state index is 0.159. The lowest BCUT2D eigenvalue weighted by Crippen LogP contribution is -2.48. The van der Waals surface area contributed by atoms with Crippen molar-refractivity contribution in [3.63, 3.8) is 0 Å². The van der Waals surface area contributed by atoms with Crippen LogP contribution in [-0.4, -0.2) is 25.8 Å². The highest BCUT2D eigenvalue weighted by Crippen LogP contribution is 2.19. The Balaban J connectivity index is 2.84. The van der Waals surface area contributed by atoms with Crippen molar-refractivity contribution in [3.05, 3.63) is 34.9 Å². The molecule has 0 saturated carbocycles. The van der Waals surface area contributed by atoms with E-state index in [2.05, 4.69) is 51.2 Å². The largest absolute Gasteiger partial charge is 0.377 e. The first-order chi connectivity index (χ1) is 7.90. The predicted molar refractivity (Wildman–Crippen MR) is 73.6 cm³/mol. The monoisotopic (exact) mass is 235 g/mol. The maximum atomic E-state index is 5.55. The van der Waals surface area contributed by atoms with Crippen LogP contribution in [0.15, 0.2) is 18.2 Å². The van der Waals surface area contributed by atoms with Crippen LogP contribution in [-0.2, 0) is 11.2 Å². The summed E-state index contributed by atoms with van der Waals surface area (Å²) in [4.78, 5) is 0. The molecule has 1 N–H and O–H groups in total. The summed E-state index contributed by atoms with van der Waals surface area (Å²) in [6.07, 6.45) is 0.985. The van der Waals surface area contributed by atoms with E-state index in [1.807, 2.05) is 7.05 Å². The molecule has 1 atom stereocenters. The van der Waals surface area contributed by atoms with Crippen LogP contribution < -0.4 is 5.32 Å². The molecule has 96 valence electrons. The summed E-state index contributed by atoms with van der Waals surface area (Å²) in [6, 6.07) is 6.98. The zero-order chi connectivity index (χ0) is 13.1. The second-order valence-electron chi connectivity index (χ2n) is 5.27. The van der Waals surface area contributed by atoms with Crippen LogP contribution in [0.1, 0.15) is 30.5 Å². The molecule has 0 aromatic heterocycles. The van der Waals surface area contributed by atoms with Crippen LogP contribution in [0, 0.1) is 13.8 Å². The van der Waals surface area contributed by atoms with Crippen molar-refractivity contribution >= 4 is 0 Å². The first-order valence-electron chi connectivity index (χ1n) is 6.19. The molecule has 1 rings (SSSR count). The van der Waals surface area contributed by atoms with Gasteiger partial charge in [-0.3, -0.25) is 0 Å². The standard InChI is InChI=1S/C15H25NO/c1-11-7-8-13(9-12(11)2)10-14(16-5)15(3,4)17-6/h7-9,14,16H,10H2,1-6H3. The van der Waals surface area contributed by atoms with Gasteiger partial charge in [-0.1, -0.05) is 18.2 Å².